The van der Waals surface area contributed by atoms with Gasteiger partial charge in [0.05, 0.1) is 23.9 Å². The molecule has 4 nitrogen and oxygen atoms in total. The van der Waals surface area contributed by atoms with Crippen LogP contribution in [-0.2, 0) is 0 Å². The molecule has 0 bridgehead atoms. The molecule has 0 atom stereocenters. The Labute approximate surface area is 92.0 Å². The number of phenolic OH excluding ortho intramolecular Hbond substituents is 1. The van der Waals surface area contributed by atoms with E-state index in [1.165, 1.54) is 0 Å². The quantitative estimate of drug-likeness (QED) is 0.760. The maximum Gasteiger partial charge on any atom is 0.116 e. The van der Waals surface area contributed by atoms with Gasteiger partial charge in [-0.25, -0.2) is 4.98 Å². The van der Waals surface area contributed by atoms with E-state index in [9.17, 15) is 5.11 Å². The lowest BCUT2D eigenvalue weighted by Gasteiger charge is -1.99. The predicted molar refractivity (Wildman–Crippen MR) is 62.7 cm³/mol. The molecular weight excluding hydrogens is 202 g/mol. The first-order valence-corrected chi connectivity index (χ1v) is 4.90. The molecule has 0 radical (unpaired) electrons. The molecule has 0 aliphatic carbocycles. The van der Waals surface area contributed by atoms with Crippen LogP contribution in [0.15, 0.2) is 35.7 Å². The van der Waals surface area contributed by atoms with Gasteiger partial charge in [0.2, 0.25) is 0 Å². The fraction of sp³-hybridized carbons (Fsp3) is 0. The summed E-state index contributed by atoms with van der Waals surface area (Å²) in [6.45, 7) is 0. The Hall–Kier alpha value is -2.36. The number of hydrogen-bond donors (Lipinski definition) is 2. The van der Waals surface area contributed by atoms with Crippen molar-refractivity contribution in [3.05, 3.63) is 42.0 Å². The van der Waals surface area contributed by atoms with Crippen molar-refractivity contribution in [3.8, 4) is 5.75 Å². The number of rotatable bonds is 1. The molecule has 1 aromatic heterocycles. The molecule has 2 N–H and O–H groups in total. The number of hydrogen-bond acceptors (Lipinski definition) is 3. The fourth-order valence-corrected chi connectivity index (χ4v) is 1.70. The van der Waals surface area contributed by atoms with E-state index in [4.69, 9.17) is 0 Å². The van der Waals surface area contributed by atoms with Gasteiger partial charge in [-0.3, -0.25) is 4.99 Å². The molecule has 78 valence electrons. The first kappa shape index (κ1) is 8.91. The third-order valence-electron chi connectivity index (χ3n) is 2.46. The number of H-pyrrole nitrogens is 1. The largest absolute Gasteiger partial charge is 0.508 e. The van der Waals surface area contributed by atoms with Gasteiger partial charge in [-0.15, -0.1) is 0 Å². The van der Waals surface area contributed by atoms with E-state index in [0.717, 1.165) is 22.5 Å². The highest BCUT2D eigenvalue weighted by Crippen LogP contribution is 2.34. The molecule has 16 heavy (non-hydrogen) atoms. The van der Waals surface area contributed by atoms with Crippen LogP contribution in [0.4, 0.5) is 5.69 Å². The van der Waals surface area contributed by atoms with Gasteiger partial charge in [0.1, 0.15) is 5.75 Å². The van der Waals surface area contributed by atoms with Crippen molar-refractivity contribution in [3.63, 3.8) is 0 Å². The minimum absolute atomic E-state index is 0.250. The Morgan fingerprint density at radius 2 is 2.25 bits per heavy atom. The average molecular weight is 211 g/mol. The van der Waals surface area contributed by atoms with E-state index in [0.29, 0.717) is 0 Å². The lowest BCUT2D eigenvalue weighted by atomic mass is 10.1. The van der Waals surface area contributed by atoms with E-state index >= 15 is 0 Å². The van der Waals surface area contributed by atoms with Crippen molar-refractivity contribution in [2.24, 2.45) is 4.99 Å². The van der Waals surface area contributed by atoms with Crippen molar-refractivity contribution >= 4 is 23.6 Å². The monoisotopic (exact) mass is 211 g/mol. The number of imidazole rings is 1. The number of aromatic nitrogens is 2. The zero-order chi connectivity index (χ0) is 11.0. The summed E-state index contributed by atoms with van der Waals surface area (Å²) in [4.78, 5) is 11.2. The predicted octanol–water partition coefficient (Wildman–Crippen LogP) is 2.37. The summed E-state index contributed by atoms with van der Waals surface area (Å²) in [5.41, 5.74) is 3.70. The molecule has 0 saturated heterocycles. The Morgan fingerprint density at radius 1 is 1.31 bits per heavy atom. The number of phenols is 1. The number of benzene rings is 1. The van der Waals surface area contributed by atoms with Crippen LogP contribution in [0.2, 0.25) is 0 Å². The van der Waals surface area contributed by atoms with Crippen molar-refractivity contribution < 1.29 is 5.11 Å². The second kappa shape index (κ2) is 3.34. The number of aromatic hydroxyl groups is 1. The van der Waals surface area contributed by atoms with Gasteiger partial charge in [0.25, 0.3) is 0 Å². The Kier molecular flexibility index (Phi) is 1.86. The average Bonchev–Trinajstić information content (AvgIpc) is 2.90. The third kappa shape index (κ3) is 1.40. The molecule has 1 aromatic carbocycles. The standard InChI is InChI=1S/C12H9N3O/c16-10-1-2-12-11(4-10)8(5-14-12)3-9-6-13-7-15-9/h1-7,16H,(H,13,15). The SMILES string of the molecule is Oc1ccc2c(c1)C(=Cc1cnc[nH]1)C=N2. The molecule has 2 heterocycles. The van der Waals surface area contributed by atoms with E-state index in [-0.39, 0.29) is 5.75 Å². The van der Waals surface area contributed by atoms with Gasteiger partial charge in [-0.2, -0.15) is 0 Å². The van der Waals surface area contributed by atoms with Gasteiger partial charge < -0.3 is 10.1 Å². The molecular formula is C12H9N3O. The minimum Gasteiger partial charge on any atom is -0.508 e. The Morgan fingerprint density at radius 3 is 3.06 bits per heavy atom. The van der Waals surface area contributed by atoms with Crippen LogP contribution in [0.25, 0.3) is 11.6 Å². The third-order valence-corrected chi connectivity index (χ3v) is 2.46. The maximum atomic E-state index is 9.44. The molecule has 0 fully saturated rings. The fourth-order valence-electron chi connectivity index (χ4n) is 1.70. The molecule has 0 saturated carbocycles. The first-order valence-electron chi connectivity index (χ1n) is 4.90. The second-order valence-electron chi connectivity index (χ2n) is 3.57. The summed E-state index contributed by atoms with van der Waals surface area (Å²) in [6.07, 6.45) is 7.09. The number of aromatic amines is 1. The van der Waals surface area contributed by atoms with Crippen LogP contribution < -0.4 is 0 Å². The zero-order valence-corrected chi connectivity index (χ0v) is 8.38. The highest BCUT2D eigenvalue weighted by Gasteiger charge is 2.12. The van der Waals surface area contributed by atoms with Gasteiger partial charge >= 0.3 is 0 Å². The van der Waals surface area contributed by atoms with Gasteiger partial charge in [0.15, 0.2) is 0 Å². The van der Waals surface area contributed by atoms with Crippen LogP contribution in [0.5, 0.6) is 5.75 Å². The molecule has 0 spiro atoms. The highest BCUT2D eigenvalue weighted by atomic mass is 16.3. The first-order chi connectivity index (χ1) is 7.83. The van der Waals surface area contributed by atoms with Crippen LogP contribution in [0.3, 0.4) is 0 Å². The minimum atomic E-state index is 0.250. The second-order valence-corrected chi connectivity index (χ2v) is 3.57. The van der Waals surface area contributed by atoms with E-state index in [1.54, 1.807) is 36.9 Å². The summed E-state index contributed by atoms with van der Waals surface area (Å²) in [6, 6.07) is 5.15. The molecule has 2 aromatic rings. The normalized spacial score (nSPS) is 15.6. The molecule has 1 aliphatic rings. The summed E-state index contributed by atoms with van der Waals surface area (Å²) in [7, 11) is 0. The number of aliphatic imine (C=N–C) groups is 1. The van der Waals surface area contributed by atoms with E-state index in [1.807, 2.05) is 6.08 Å². The summed E-state index contributed by atoms with van der Waals surface area (Å²) in [5.74, 6) is 0.250. The van der Waals surface area contributed by atoms with Gasteiger partial charge in [-0.1, -0.05) is 0 Å². The van der Waals surface area contributed by atoms with E-state index in [2.05, 4.69) is 15.0 Å². The van der Waals surface area contributed by atoms with Gasteiger partial charge in [-0.05, 0) is 24.3 Å². The van der Waals surface area contributed by atoms with Crippen LogP contribution in [0.1, 0.15) is 11.3 Å². The van der Waals surface area contributed by atoms with Crippen molar-refractivity contribution in [2.75, 3.05) is 0 Å². The lowest BCUT2D eigenvalue weighted by molar-refractivity contribution is 0.475. The van der Waals surface area contributed by atoms with Crippen LogP contribution >= 0.6 is 0 Å². The van der Waals surface area contributed by atoms with Crippen molar-refractivity contribution in [1.29, 1.82) is 0 Å². The van der Waals surface area contributed by atoms with Crippen molar-refractivity contribution in [1.82, 2.24) is 9.97 Å². The number of allylic oxidation sites excluding steroid dienone is 1. The van der Waals surface area contributed by atoms with Crippen LogP contribution in [-0.4, -0.2) is 21.3 Å². The molecule has 3 rings (SSSR count). The summed E-state index contributed by atoms with van der Waals surface area (Å²) < 4.78 is 0. The summed E-state index contributed by atoms with van der Waals surface area (Å²) in [5, 5.41) is 9.44. The highest BCUT2D eigenvalue weighted by molar-refractivity contribution is 6.21. The zero-order valence-electron chi connectivity index (χ0n) is 8.38. The molecule has 0 unspecified atom stereocenters. The summed E-state index contributed by atoms with van der Waals surface area (Å²) >= 11 is 0. The Balaban J connectivity index is 2.09. The topological polar surface area (TPSA) is 61.3 Å². The molecule has 0 amide bonds. The smallest absolute Gasteiger partial charge is 0.116 e. The van der Waals surface area contributed by atoms with Crippen molar-refractivity contribution in [2.45, 2.75) is 0 Å². The lowest BCUT2D eigenvalue weighted by Crippen LogP contribution is -1.80. The number of fused-ring (bicyclic) bond motifs is 1. The molecule has 1 aliphatic heterocycles. The van der Waals surface area contributed by atoms with E-state index < -0.39 is 0 Å². The number of nitrogens with one attached hydrogen (secondary N) is 1. The number of nitrogens with zero attached hydrogens (tertiary/aromatic N) is 2. The molecule has 4 heteroatoms. The van der Waals surface area contributed by atoms with Crippen LogP contribution in [0, 0.1) is 0 Å². The maximum absolute atomic E-state index is 9.44. The Bertz CT molecular complexity index is 582. The van der Waals surface area contributed by atoms with Gasteiger partial charge in [0, 0.05) is 17.4 Å².